The zero-order valence-corrected chi connectivity index (χ0v) is 13.9. The summed E-state index contributed by atoms with van der Waals surface area (Å²) in [6.07, 6.45) is 3.63. The second-order valence-corrected chi connectivity index (χ2v) is 6.87. The van der Waals surface area contributed by atoms with Gasteiger partial charge in [0, 0.05) is 25.7 Å². The first-order valence-corrected chi connectivity index (χ1v) is 8.26. The molecule has 2 heterocycles. The fraction of sp³-hybridized carbons (Fsp3) is 0.714. The normalized spacial score (nSPS) is 17.0. The molecule has 1 aromatic heterocycles. The molecule has 1 saturated heterocycles. The number of nitrogen functional groups attached to an aromatic ring is 1. The van der Waals surface area contributed by atoms with E-state index in [1.807, 2.05) is 25.9 Å². The Kier molecular flexibility index (Phi) is 5.41. The molecule has 1 unspecified atom stereocenters. The minimum atomic E-state index is -0.123. The molecule has 21 heavy (non-hydrogen) atoms. The van der Waals surface area contributed by atoms with Gasteiger partial charge in [-0.15, -0.1) is 0 Å². The Morgan fingerprint density at radius 3 is 2.71 bits per heavy atom. The summed E-state index contributed by atoms with van der Waals surface area (Å²) in [5.41, 5.74) is 5.93. The summed E-state index contributed by atoms with van der Waals surface area (Å²) in [4.78, 5) is 21.5. The van der Waals surface area contributed by atoms with Crippen LogP contribution in [0.5, 0.6) is 0 Å². The van der Waals surface area contributed by atoms with Crippen LogP contribution in [-0.2, 0) is 0 Å². The summed E-state index contributed by atoms with van der Waals surface area (Å²) < 4.78 is 0. The molecule has 1 fully saturated rings. The zero-order chi connectivity index (χ0) is 15.4. The summed E-state index contributed by atoms with van der Waals surface area (Å²) in [7, 11) is 3.97. The summed E-state index contributed by atoms with van der Waals surface area (Å²) in [5, 5.41) is 3.85. The van der Waals surface area contributed by atoms with Crippen molar-refractivity contribution in [2.75, 3.05) is 44.4 Å². The van der Waals surface area contributed by atoms with Crippen LogP contribution in [0, 0.1) is 0 Å². The average molecular weight is 311 g/mol. The van der Waals surface area contributed by atoms with Crippen molar-refractivity contribution >= 4 is 28.2 Å². The highest BCUT2D eigenvalue weighted by Gasteiger charge is 2.21. The molecule has 3 N–H and O–H groups in total. The number of nitrogens with zero attached hydrogens (tertiary/aromatic N) is 3. The van der Waals surface area contributed by atoms with Crippen molar-refractivity contribution in [3.63, 3.8) is 0 Å². The molecule has 0 aliphatic carbocycles. The number of nitrogens with two attached hydrogens (primary N) is 1. The van der Waals surface area contributed by atoms with Gasteiger partial charge < -0.3 is 20.9 Å². The largest absolute Gasteiger partial charge is 0.382 e. The molecule has 1 atom stereocenters. The Morgan fingerprint density at radius 2 is 2.10 bits per heavy atom. The third-order valence-electron chi connectivity index (χ3n) is 3.49. The number of piperidine rings is 1. The van der Waals surface area contributed by atoms with E-state index in [2.05, 4.69) is 15.2 Å². The molecule has 1 aliphatic rings. The number of hydrogen-bond donors (Lipinski definition) is 2. The molecule has 118 valence electrons. The second kappa shape index (κ2) is 7.09. The standard InChI is InChI=1S/C14H25N5OS/c1-10(9-18(2)3)16-13(20)11-12(15)17-14(21-11)19-7-5-4-6-8-19/h10H,4-9,15H2,1-3H3,(H,16,20). The number of hydrogen-bond acceptors (Lipinski definition) is 6. The minimum Gasteiger partial charge on any atom is -0.382 e. The molecule has 0 aromatic carbocycles. The van der Waals surface area contributed by atoms with Crippen molar-refractivity contribution in [2.24, 2.45) is 0 Å². The van der Waals surface area contributed by atoms with Gasteiger partial charge in [-0.3, -0.25) is 4.79 Å². The van der Waals surface area contributed by atoms with Crippen LogP contribution >= 0.6 is 11.3 Å². The van der Waals surface area contributed by atoms with E-state index in [-0.39, 0.29) is 11.9 Å². The van der Waals surface area contributed by atoms with Crippen LogP contribution in [0.3, 0.4) is 0 Å². The Bertz CT molecular complexity index is 482. The monoisotopic (exact) mass is 311 g/mol. The molecular formula is C14H25N5OS. The summed E-state index contributed by atoms with van der Waals surface area (Å²) in [6, 6.07) is 0.0763. The lowest BCUT2D eigenvalue weighted by Crippen LogP contribution is -2.39. The first kappa shape index (κ1) is 16.0. The van der Waals surface area contributed by atoms with Gasteiger partial charge in [0.15, 0.2) is 5.13 Å². The number of carbonyl (C=O) groups is 1. The van der Waals surface area contributed by atoms with Crippen molar-refractivity contribution in [3.05, 3.63) is 4.88 Å². The number of anilines is 2. The highest BCUT2D eigenvalue weighted by molar-refractivity contribution is 7.18. The maximum Gasteiger partial charge on any atom is 0.265 e. The first-order chi connectivity index (χ1) is 9.97. The number of rotatable bonds is 5. The van der Waals surface area contributed by atoms with Crippen LogP contribution in [0.2, 0.25) is 0 Å². The lowest BCUT2D eigenvalue weighted by Gasteiger charge is -2.25. The Balaban J connectivity index is 2.02. The summed E-state index contributed by atoms with van der Waals surface area (Å²) in [6.45, 7) is 4.79. The maximum atomic E-state index is 12.3. The lowest BCUT2D eigenvalue weighted by atomic mass is 10.1. The maximum absolute atomic E-state index is 12.3. The van der Waals surface area contributed by atoms with Crippen molar-refractivity contribution < 1.29 is 4.79 Å². The van der Waals surface area contributed by atoms with Crippen molar-refractivity contribution in [3.8, 4) is 0 Å². The van der Waals surface area contributed by atoms with Gasteiger partial charge in [-0.05, 0) is 40.3 Å². The lowest BCUT2D eigenvalue weighted by molar-refractivity contribution is 0.0939. The van der Waals surface area contributed by atoms with Crippen LogP contribution in [0.15, 0.2) is 0 Å². The first-order valence-electron chi connectivity index (χ1n) is 7.44. The van der Waals surface area contributed by atoms with Gasteiger partial charge in [-0.25, -0.2) is 4.98 Å². The minimum absolute atomic E-state index is 0.0763. The van der Waals surface area contributed by atoms with Crippen LogP contribution in [-0.4, -0.2) is 55.6 Å². The fourth-order valence-corrected chi connectivity index (χ4v) is 3.53. The molecule has 0 saturated carbocycles. The van der Waals surface area contributed by atoms with Crippen molar-refractivity contribution in [2.45, 2.75) is 32.2 Å². The number of nitrogens with one attached hydrogen (secondary N) is 1. The third-order valence-corrected chi connectivity index (χ3v) is 4.62. The topological polar surface area (TPSA) is 74.5 Å². The number of aromatic nitrogens is 1. The number of likely N-dealkylation sites (N-methyl/N-ethyl adjacent to an activating group) is 1. The fourth-order valence-electron chi connectivity index (χ4n) is 2.59. The predicted octanol–water partition coefficient (Wildman–Crippen LogP) is 1.40. The van der Waals surface area contributed by atoms with Crippen molar-refractivity contribution in [1.82, 2.24) is 15.2 Å². The van der Waals surface area contributed by atoms with Crippen LogP contribution in [0.25, 0.3) is 0 Å². The summed E-state index contributed by atoms with van der Waals surface area (Å²) in [5.74, 6) is 0.220. The Morgan fingerprint density at radius 1 is 1.43 bits per heavy atom. The van der Waals surface area contributed by atoms with E-state index in [0.29, 0.717) is 10.7 Å². The molecule has 7 heteroatoms. The van der Waals surface area contributed by atoms with Crippen LogP contribution < -0.4 is 16.0 Å². The van der Waals surface area contributed by atoms with E-state index in [1.54, 1.807) is 0 Å². The molecule has 0 bridgehead atoms. The van der Waals surface area contributed by atoms with Crippen LogP contribution in [0.4, 0.5) is 10.9 Å². The molecule has 0 radical (unpaired) electrons. The number of amides is 1. The van der Waals surface area contributed by atoms with Crippen LogP contribution in [0.1, 0.15) is 35.9 Å². The highest BCUT2D eigenvalue weighted by atomic mass is 32.1. The number of carbonyl (C=O) groups excluding carboxylic acids is 1. The SMILES string of the molecule is CC(CN(C)C)NC(=O)c1sc(N2CCCCC2)nc1N. The predicted molar refractivity (Wildman–Crippen MR) is 88.1 cm³/mol. The van der Waals surface area contributed by atoms with E-state index in [1.165, 1.54) is 30.6 Å². The highest BCUT2D eigenvalue weighted by Crippen LogP contribution is 2.29. The van der Waals surface area contributed by atoms with Gasteiger partial charge >= 0.3 is 0 Å². The second-order valence-electron chi connectivity index (χ2n) is 5.90. The van der Waals surface area contributed by atoms with Gasteiger partial charge in [-0.1, -0.05) is 11.3 Å². The van der Waals surface area contributed by atoms with E-state index >= 15 is 0 Å². The van der Waals surface area contributed by atoms with E-state index in [4.69, 9.17) is 5.73 Å². The van der Waals surface area contributed by atoms with Gasteiger partial charge in [0.25, 0.3) is 5.91 Å². The van der Waals surface area contributed by atoms with Gasteiger partial charge in [0.2, 0.25) is 0 Å². The van der Waals surface area contributed by atoms with Gasteiger partial charge in [0.1, 0.15) is 10.7 Å². The van der Waals surface area contributed by atoms with E-state index in [9.17, 15) is 4.79 Å². The zero-order valence-electron chi connectivity index (χ0n) is 13.1. The average Bonchev–Trinajstić information content (AvgIpc) is 2.81. The number of thiazole rings is 1. The Labute approximate surface area is 130 Å². The van der Waals surface area contributed by atoms with Gasteiger partial charge in [0.05, 0.1) is 0 Å². The summed E-state index contributed by atoms with van der Waals surface area (Å²) >= 11 is 1.40. The van der Waals surface area contributed by atoms with Gasteiger partial charge in [-0.2, -0.15) is 0 Å². The molecule has 1 aromatic rings. The molecule has 1 amide bonds. The molecule has 1 aliphatic heterocycles. The molecule has 2 rings (SSSR count). The smallest absolute Gasteiger partial charge is 0.265 e. The molecule has 6 nitrogen and oxygen atoms in total. The van der Waals surface area contributed by atoms with E-state index in [0.717, 1.165) is 24.8 Å². The Hall–Kier alpha value is -1.34. The molecular weight excluding hydrogens is 286 g/mol. The quantitative estimate of drug-likeness (QED) is 0.860. The molecule has 0 spiro atoms. The van der Waals surface area contributed by atoms with Crippen molar-refractivity contribution in [1.29, 1.82) is 0 Å². The third kappa shape index (κ3) is 4.31. The van der Waals surface area contributed by atoms with E-state index < -0.39 is 0 Å².